The number of aromatic nitrogens is 2. The van der Waals surface area contributed by atoms with Gasteiger partial charge in [-0.25, -0.2) is 9.97 Å². The number of guanidine groups is 1. The number of benzene rings is 1. The van der Waals surface area contributed by atoms with Crippen molar-refractivity contribution in [1.29, 1.82) is 0 Å². The van der Waals surface area contributed by atoms with E-state index in [1.54, 1.807) is 18.6 Å². The predicted molar refractivity (Wildman–Crippen MR) is 77.9 cm³/mol. The summed E-state index contributed by atoms with van der Waals surface area (Å²) in [6.45, 7) is 0. The van der Waals surface area contributed by atoms with Crippen molar-refractivity contribution in [2.24, 2.45) is 21.7 Å². The molecular formula is C14H12N6. The maximum Gasteiger partial charge on any atom is 0.211 e. The standard InChI is InChI=1S/C14H12N6/c15-14(16)20-19-9-12-4-1-11(2-5-12)3-6-13-7-17-10-18-8-13/h1-2,4-5,7-10H,(H4,15,16,20). The first-order valence-corrected chi connectivity index (χ1v) is 5.73. The summed E-state index contributed by atoms with van der Waals surface area (Å²) in [6, 6.07) is 7.51. The second-order valence-corrected chi connectivity index (χ2v) is 3.77. The molecule has 4 N–H and O–H groups in total. The van der Waals surface area contributed by atoms with Crippen LogP contribution in [0.4, 0.5) is 0 Å². The van der Waals surface area contributed by atoms with Crippen molar-refractivity contribution in [2.75, 3.05) is 0 Å². The largest absolute Gasteiger partial charge is 0.369 e. The average Bonchev–Trinajstić information content (AvgIpc) is 2.47. The van der Waals surface area contributed by atoms with Gasteiger partial charge in [-0.3, -0.25) is 0 Å². The molecule has 0 aliphatic carbocycles. The highest BCUT2D eigenvalue weighted by Gasteiger charge is 1.90. The van der Waals surface area contributed by atoms with Crippen molar-refractivity contribution in [1.82, 2.24) is 9.97 Å². The number of nitrogens with zero attached hydrogens (tertiary/aromatic N) is 4. The average molecular weight is 264 g/mol. The summed E-state index contributed by atoms with van der Waals surface area (Å²) in [5, 5.41) is 7.24. The van der Waals surface area contributed by atoms with Gasteiger partial charge in [0.1, 0.15) is 6.33 Å². The summed E-state index contributed by atoms with van der Waals surface area (Å²) in [4.78, 5) is 7.79. The number of hydrogen-bond donors (Lipinski definition) is 2. The van der Waals surface area contributed by atoms with Crippen LogP contribution in [0.5, 0.6) is 0 Å². The van der Waals surface area contributed by atoms with E-state index < -0.39 is 0 Å². The Kier molecular flexibility index (Phi) is 4.41. The van der Waals surface area contributed by atoms with Crippen molar-refractivity contribution < 1.29 is 0 Å². The van der Waals surface area contributed by atoms with Gasteiger partial charge in [-0.2, -0.15) is 5.10 Å². The predicted octanol–water partition coefficient (Wildman–Crippen LogP) is 0.484. The molecule has 6 heteroatoms. The second kappa shape index (κ2) is 6.66. The van der Waals surface area contributed by atoms with Gasteiger partial charge >= 0.3 is 0 Å². The maximum absolute atomic E-state index is 5.16. The van der Waals surface area contributed by atoms with Gasteiger partial charge in [-0.15, -0.1) is 5.10 Å². The zero-order valence-corrected chi connectivity index (χ0v) is 10.6. The second-order valence-electron chi connectivity index (χ2n) is 3.77. The SMILES string of the molecule is NC(N)=NN=Cc1ccc(C#Cc2cncnc2)cc1. The van der Waals surface area contributed by atoms with Crippen LogP contribution in [-0.4, -0.2) is 22.1 Å². The molecule has 98 valence electrons. The maximum atomic E-state index is 5.16. The molecule has 0 atom stereocenters. The van der Waals surface area contributed by atoms with Gasteiger partial charge in [0.2, 0.25) is 5.96 Å². The lowest BCUT2D eigenvalue weighted by molar-refractivity contribution is 1.16. The van der Waals surface area contributed by atoms with Crippen LogP contribution in [0.15, 0.2) is 53.2 Å². The molecule has 20 heavy (non-hydrogen) atoms. The van der Waals surface area contributed by atoms with Crippen LogP contribution in [0.2, 0.25) is 0 Å². The van der Waals surface area contributed by atoms with Crippen LogP contribution < -0.4 is 11.5 Å². The Bertz CT molecular complexity index is 673. The summed E-state index contributed by atoms with van der Waals surface area (Å²) >= 11 is 0. The Morgan fingerprint density at radius 3 is 2.30 bits per heavy atom. The molecule has 0 aliphatic heterocycles. The van der Waals surface area contributed by atoms with Crippen molar-refractivity contribution in [2.45, 2.75) is 0 Å². The quantitative estimate of drug-likeness (QED) is 0.356. The summed E-state index contributed by atoms with van der Waals surface area (Å²) in [5.74, 6) is 5.92. The van der Waals surface area contributed by atoms with Gasteiger partial charge < -0.3 is 11.5 Å². The molecule has 0 unspecified atom stereocenters. The van der Waals surface area contributed by atoms with Crippen LogP contribution in [-0.2, 0) is 0 Å². The summed E-state index contributed by atoms with van der Waals surface area (Å²) in [7, 11) is 0. The Hall–Kier alpha value is -3.20. The first-order valence-electron chi connectivity index (χ1n) is 5.73. The lowest BCUT2D eigenvalue weighted by atomic mass is 10.1. The molecule has 0 radical (unpaired) electrons. The molecule has 1 heterocycles. The van der Waals surface area contributed by atoms with Gasteiger partial charge in [0.25, 0.3) is 0 Å². The fourth-order valence-corrected chi connectivity index (χ4v) is 1.32. The van der Waals surface area contributed by atoms with Crippen LogP contribution in [0.25, 0.3) is 0 Å². The molecule has 0 amide bonds. The fourth-order valence-electron chi connectivity index (χ4n) is 1.32. The minimum Gasteiger partial charge on any atom is -0.369 e. The van der Waals surface area contributed by atoms with E-state index in [9.17, 15) is 0 Å². The zero-order chi connectivity index (χ0) is 14.2. The first kappa shape index (κ1) is 13.2. The third-order valence-corrected chi connectivity index (χ3v) is 2.20. The highest BCUT2D eigenvalue weighted by molar-refractivity contribution is 5.81. The zero-order valence-electron chi connectivity index (χ0n) is 10.6. The van der Waals surface area contributed by atoms with Crippen molar-refractivity contribution >= 4 is 12.2 Å². The van der Waals surface area contributed by atoms with E-state index in [0.29, 0.717) is 0 Å². The van der Waals surface area contributed by atoms with E-state index in [-0.39, 0.29) is 5.96 Å². The molecule has 2 rings (SSSR count). The molecule has 0 aliphatic rings. The molecule has 1 aromatic heterocycles. The van der Waals surface area contributed by atoms with Gasteiger partial charge in [0.15, 0.2) is 0 Å². The van der Waals surface area contributed by atoms with Crippen LogP contribution in [0.1, 0.15) is 16.7 Å². The lowest BCUT2D eigenvalue weighted by Crippen LogP contribution is -2.21. The third-order valence-electron chi connectivity index (χ3n) is 2.20. The normalized spacial score (nSPS) is 9.80. The van der Waals surface area contributed by atoms with Gasteiger partial charge in [-0.05, 0) is 17.7 Å². The van der Waals surface area contributed by atoms with E-state index in [0.717, 1.165) is 16.7 Å². The van der Waals surface area contributed by atoms with Gasteiger partial charge in [0.05, 0.1) is 11.8 Å². The Labute approximate surface area is 116 Å². The molecule has 0 bridgehead atoms. The van der Waals surface area contributed by atoms with Gasteiger partial charge in [-0.1, -0.05) is 24.0 Å². The molecule has 0 saturated heterocycles. The minimum absolute atomic E-state index is 0.0752. The summed E-state index contributed by atoms with van der Waals surface area (Å²) in [5.41, 5.74) is 12.9. The molecule has 2 aromatic rings. The minimum atomic E-state index is -0.0752. The number of nitrogens with two attached hydrogens (primary N) is 2. The number of hydrogen-bond acceptors (Lipinski definition) is 4. The first-order chi connectivity index (χ1) is 9.74. The van der Waals surface area contributed by atoms with Crippen molar-refractivity contribution in [3.63, 3.8) is 0 Å². The highest BCUT2D eigenvalue weighted by atomic mass is 15.3. The Balaban J connectivity index is 2.08. The van der Waals surface area contributed by atoms with Crippen LogP contribution in [0, 0.1) is 11.8 Å². The topological polar surface area (TPSA) is 103 Å². The lowest BCUT2D eigenvalue weighted by Gasteiger charge is -1.93. The monoisotopic (exact) mass is 264 g/mol. The summed E-state index contributed by atoms with van der Waals surface area (Å²) < 4.78 is 0. The molecular weight excluding hydrogens is 252 g/mol. The molecule has 0 saturated carbocycles. The Morgan fingerprint density at radius 2 is 1.65 bits per heavy atom. The van der Waals surface area contributed by atoms with E-state index in [1.807, 2.05) is 24.3 Å². The van der Waals surface area contributed by atoms with E-state index in [2.05, 4.69) is 32.0 Å². The smallest absolute Gasteiger partial charge is 0.211 e. The van der Waals surface area contributed by atoms with Crippen molar-refractivity contribution in [3.05, 3.63) is 59.7 Å². The molecule has 1 aromatic carbocycles. The number of rotatable bonds is 2. The van der Waals surface area contributed by atoms with Gasteiger partial charge in [0, 0.05) is 18.0 Å². The van der Waals surface area contributed by atoms with Crippen LogP contribution >= 0.6 is 0 Å². The Morgan fingerprint density at radius 1 is 1.00 bits per heavy atom. The molecule has 0 spiro atoms. The molecule has 6 nitrogen and oxygen atoms in total. The molecule has 0 fully saturated rings. The van der Waals surface area contributed by atoms with E-state index in [4.69, 9.17) is 11.5 Å². The summed E-state index contributed by atoms with van der Waals surface area (Å²) in [6.07, 6.45) is 6.35. The highest BCUT2D eigenvalue weighted by Crippen LogP contribution is 2.01. The van der Waals surface area contributed by atoms with E-state index in [1.165, 1.54) is 6.33 Å². The fraction of sp³-hybridized carbons (Fsp3) is 0. The third kappa shape index (κ3) is 4.23. The van der Waals surface area contributed by atoms with E-state index >= 15 is 0 Å². The van der Waals surface area contributed by atoms with Crippen LogP contribution in [0.3, 0.4) is 0 Å². The van der Waals surface area contributed by atoms with Crippen molar-refractivity contribution in [3.8, 4) is 11.8 Å².